The van der Waals surface area contributed by atoms with Gasteiger partial charge in [-0.25, -0.2) is 13.6 Å². The van der Waals surface area contributed by atoms with Gasteiger partial charge in [-0.1, -0.05) is 23.7 Å². The molecule has 1 aliphatic heterocycles. The molecule has 1 unspecified atom stereocenters. The van der Waals surface area contributed by atoms with Gasteiger partial charge in [-0.05, 0) is 30.5 Å². The van der Waals surface area contributed by atoms with Crippen LogP contribution in [0.2, 0.25) is 5.02 Å². The normalized spacial score (nSPS) is 18.2. The van der Waals surface area contributed by atoms with Crippen molar-refractivity contribution in [2.45, 2.75) is 37.1 Å². The summed E-state index contributed by atoms with van der Waals surface area (Å²) in [6, 6.07) is 5.06. The summed E-state index contributed by atoms with van der Waals surface area (Å²) in [5.74, 6) is -2.09. The van der Waals surface area contributed by atoms with Crippen LogP contribution in [0.1, 0.15) is 24.8 Å². The zero-order valence-electron chi connectivity index (χ0n) is 12.8. The second kappa shape index (κ2) is 7.90. The Morgan fingerprint density at radius 2 is 2.00 bits per heavy atom. The van der Waals surface area contributed by atoms with Crippen LogP contribution in [0.3, 0.4) is 0 Å². The predicted molar refractivity (Wildman–Crippen MR) is 83.4 cm³/mol. The predicted octanol–water partition coefficient (Wildman–Crippen LogP) is 2.61. The number of amides is 1. The highest BCUT2D eigenvalue weighted by atomic mass is 35.5. The maximum atomic E-state index is 12.8. The summed E-state index contributed by atoms with van der Waals surface area (Å²) in [5, 5.41) is 11.8. The number of hydrogen-bond donors (Lipinski definition) is 2. The fraction of sp³-hybridized carbons (Fsp3) is 0.500. The number of carboxylic acid groups (broad SMARTS) is 1. The largest absolute Gasteiger partial charge is 0.480 e. The topological polar surface area (TPSA) is 75.6 Å². The summed E-state index contributed by atoms with van der Waals surface area (Å²) in [7, 11) is 0. The van der Waals surface area contributed by atoms with Gasteiger partial charge < -0.3 is 15.2 Å². The average Bonchev–Trinajstić information content (AvgIpc) is 2.54. The highest BCUT2D eigenvalue weighted by molar-refractivity contribution is 6.30. The van der Waals surface area contributed by atoms with Gasteiger partial charge in [0.15, 0.2) is 0 Å². The minimum atomic E-state index is -2.83. The summed E-state index contributed by atoms with van der Waals surface area (Å²) >= 11 is 6.00. The average molecular weight is 362 g/mol. The Bertz CT molecular complexity index is 605. The molecule has 1 amide bonds. The van der Waals surface area contributed by atoms with Gasteiger partial charge in [0.05, 0.1) is 5.41 Å². The van der Waals surface area contributed by atoms with Crippen molar-refractivity contribution < 1.29 is 28.2 Å². The van der Waals surface area contributed by atoms with Crippen molar-refractivity contribution in [2.24, 2.45) is 0 Å². The molecule has 0 aromatic heterocycles. The van der Waals surface area contributed by atoms with Crippen molar-refractivity contribution in [3.05, 3.63) is 34.9 Å². The van der Waals surface area contributed by atoms with Crippen molar-refractivity contribution in [1.82, 2.24) is 5.32 Å². The number of benzene rings is 1. The Kier molecular flexibility index (Phi) is 6.12. The molecule has 8 heteroatoms. The van der Waals surface area contributed by atoms with Gasteiger partial charge in [0.2, 0.25) is 12.3 Å². The maximum Gasteiger partial charge on any atom is 0.326 e. The zero-order valence-corrected chi connectivity index (χ0v) is 13.6. The first-order valence-electron chi connectivity index (χ1n) is 7.51. The molecule has 0 radical (unpaired) electrons. The van der Waals surface area contributed by atoms with Crippen LogP contribution in [0.15, 0.2) is 24.3 Å². The molecule has 1 aromatic rings. The quantitative estimate of drug-likeness (QED) is 0.816. The van der Waals surface area contributed by atoms with Crippen LogP contribution in [0.5, 0.6) is 0 Å². The van der Waals surface area contributed by atoms with Gasteiger partial charge in [-0.15, -0.1) is 0 Å². The fourth-order valence-electron chi connectivity index (χ4n) is 2.85. The number of halogens is 3. The lowest BCUT2D eigenvalue weighted by Gasteiger charge is -2.37. The van der Waals surface area contributed by atoms with Gasteiger partial charge in [-0.2, -0.15) is 0 Å². The third-order valence-corrected chi connectivity index (χ3v) is 4.41. The van der Waals surface area contributed by atoms with E-state index in [0.717, 1.165) is 0 Å². The van der Waals surface area contributed by atoms with Crippen LogP contribution in [0.25, 0.3) is 0 Å². The third kappa shape index (κ3) is 4.21. The number of aliphatic carboxylic acids is 1. The van der Waals surface area contributed by atoms with E-state index >= 15 is 0 Å². The van der Waals surface area contributed by atoms with Gasteiger partial charge >= 0.3 is 5.97 Å². The number of rotatable bonds is 6. The molecule has 5 nitrogen and oxygen atoms in total. The Morgan fingerprint density at radius 1 is 1.33 bits per heavy atom. The molecule has 1 fully saturated rings. The minimum absolute atomic E-state index is 0.312. The molecular formula is C16H18ClF2NO4. The monoisotopic (exact) mass is 361 g/mol. The molecule has 2 N–H and O–H groups in total. The maximum absolute atomic E-state index is 12.8. The summed E-state index contributed by atoms with van der Waals surface area (Å²) in [4.78, 5) is 24.0. The van der Waals surface area contributed by atoms with Crippen molar-refractivity contribution >= 4 is 23.5 Å². The van der Waals surface area contributed by atoms with E-state index < -0.39 is 36.2 Å². The first-order chi connectivity index (χ1) is 11.3. The van der Waals surface area contributed by atoms with E-state index in [1.165, 1.54) is 0 Å². The molecule has 1 saturated heterocycles. The van der Waals surface area contributed by atoms with Crippen molar-refractivity contribution in [1.29, 1.82) is 0 Å². The Labute approximate surface area is 142 Å². The van der Waals surface area contributed by atoms with Crippen LogP contribution in [0, 0.1) is 0 Å². The highest BCUT2D eigenvalue weighted by Crippen LogP contribution is 2.36. The number of carboxylic acids is 1. The van der Waals surface area contributed by atoms with Gasteiger partial charge in [0.1, 0.15) is 6.04 Å². The smallest absolute Gasteiger partial charge is 0.326 e. The molecule has 0 spiro atoms. The van der Waals surface area contributed by atoms with E-state index in [2.05, 4.69) is 5.32 Å². The lowest BCUT2D eigenvalue weighted by atomic mass is 9.73. The number of hydrogen-bond acceptors (Lipinski definition) is 3. The van der Waals surface area contributed by atoms with Crippen molar-refractivity contribution in [3.63, 3.8) is 0 Å². The SMILES string of the molecule is O=C(O)C(CC(F)F)NC(=O)C1(c2cccc(Cl)c2)CCOCC1. The van der Waals surface area contributed by atoms with E-state index in [4.69, 9.17) is 21.4 Å². The second-order valence-corrected chi connectivity index (χ2v) is 6.13. The van der Waals surface area contributed by atoms with E-state index in [-0.39, 0.29) is 0 Å². The van der Waals surface area contributed by atoms with E-state index in [1.807, 2.05) is 0 Å². The third-order valence-electron chi connectivity index (χ3n) is 4.18. The molecule has 0 bridgehead atoms. The van der Waals surface area contributed by atoms with Crippen LogP contribution in [-0.2, 0) is 19.7 Å². The number of ether oxygens (including phenoxy) is 1. The molecule has 1 aromatic carbocycles. The molecule has 132 valence electrons. The fourth-order valence-corrected chi connectivity index (χ4v) is 3.04. The first kappa shape index (κ1) is 18.6. The summed E-state index contributed by atoms with van der Waals surface area (Å²) in [6.07, 6.45) is -3.13. The number of alkyl halides is 2. The Balaban J connectivity index is 2.30. The molecule has 1 heterocycles. The number of nitrogens with one attached hydrogen (secondary N) is 1. The first-order valence-corrected chi connectivity index (χ1v) is 7.88. The molecule has 1 aliphatic rings. The number of carbonyl (C=O) groups excluding carboxylic acids is 1. The van der Waals surface area contributed by atoms with Crippen LogP contribution in [-0.4, -0.2) is 42.7 Å². The van der Waals surface area contributed by atoms with Crippen LogP contribution in [0.4, 0.5) is 8.78 Å². The molecular weight excluding hydrogens is 344 g/mol. The van der Waals surface area contributed by atoms with Crippen LogP contribution < -0.4 is 5.32 Å². The Morgan fingerprint density at radius 3 is 2.54 bits per heavy atom. The summed E-state index contributed by atoms with van der Waals surface area (Å²) < 4.78 is 30.4. The number of carbonyl (C=O) groups is 2. The van der Waals surface area contributed by atoms with Crippen LogP contribution >= 0.6 is 11.6 Å². The lowest BCUT2D eigenvalue weighted by molar-refractivity contribution is -0.144. The Hall–Kier alpha value is -1.73. The molecule has 24 heavy (non-hydrogen) atoms. The highest BCUT2D eigenvalue weighted by Gasteiger charge is 2.43. The van der Waals surface area contributed by atoms with Crippen molar-refractivity contribution in [2.75, 3.05) is 13.2 Å². The molecule has 2 rings (SSSR count). The molecule has 0 saturated carbocycles. The molecule has 1 atom stereocenters. The lowest BCUT2D eigenvalue weighted by Crippen LogP contribution is -2.53. The minimum Gasteiger partial charge on any atom is -0.480 e. The van der Waals surface area contributed by atoms with Crippen molar-refractivity contribution in [3.8, 4) is 0 Å². The van der Waals surface area contributed by atoms with Gasteiger partial charge in [-0.3, -0.25) is 4.79 Å². The van der Waals surface area contributed by atoms with E-state index in [1.54, 1.807) is 24.3 Å². The van der Waals surface area contributed by atoms with E-state index in [0.29, 0.717) is 36.6 Å². The second-order valence-electron chi connectivity index (χ2n) is 5.70. The summed E-state index contributed by atoms with van der Waals surface area (Å²) in [5.41, 5.74) is -0.420. The zero-order chi connectivity index (χ0) is 17.7. The van der Waals surface area contributed by atoms with Gasteiger partial charge in [0, 0.05) is 24.7 Å². The van der Waals surface area contributed by atoms with E-state index in [9.17, 15) is 18.4 Å². The standard InChI is InChI=1S/C16H18ClF2NO4/c17-11-3-1-2-10(8-11)16(4-6-24-7-5-16)15(23)20-12(14(21)22)9-13(18)19/h1-3,8,12-13H,4-7,9H2,(H,20,23)(H,21,22). The summed E-state index contributed by atoms with van der Waals surface area (Å²) in [6.45, 7) is 0.624. The van der Waals surface area contributed by atoms with Gasteiger partial charge in [0.25, 0.3) is 0 Å². The molecule has 0 aliphatic carbocycles.